The number of rotatable bonds is 5. The molecular weight excluding hydrogens is 263 g/mol. The van der Waals surface area contributed by atoms with Crippen LogP contribution in [0.2, 0.25) is 0 Å². The summed E-state index contributed by atoms with van der Waals surface area (Å²) in [7, 11) is 0. The molecule has 108 valence electrons. The number of carbonyl (C=O) groups excluding carboxylic acids is 2. The van der Waals surface area contributed by atoms with Crippen molar-refractivity contribution < 1.29 is 18.7 Å². The van der Waals surface area contributed by atoms with Crippen LogP contribution in [0.15, 0.2) is 24.3 Å². The molecule has 2 amide bonds. The zero-order valence-corrected chi connectivity index (χ0v) is 11.0. The molecule has 2 atom stereocenters. The topological polar surface area (TPSA) is 81.4 Å². The molecule has 1 saturated heterocycles. The second-order valence-corrected chi connectivity index (χ2v) is 4.82. The SMILES string of the molecule is NC(=O)[C@@H](Cc1ccccc1F)NC(=O)[C@@H]1CCOC1. The lowest BCUT2D eigenvalue weighted by atomic mass is 10.0. The highest BCUT2D eigenvalue weighted by molar-refractivity contribution is 5.87. The third-order valence-corrected chi connectivity index (χ3v) is 3.34. The maximum atomic E-state index is 13.6. The normalized spacial score (nSPS) is 19.6. The zero-order valence-electron chi connectivity index (χ0n) is 11.0. The first kappa shape index (κ1) is 14.5. The van der Waals surface area contributed by atoms with Gasteiger partial charge in [0.05, 0.1) is 12.5 Å². The molecule has 0 spiro atoms. The average Bonchev–Trinajstić information content (AvgIpc) is 2.94. The molecule has 1 aromatic carbocycles. The van der Waals surface area contributed by atoms with E-state index in [1.165, 1.54) is 6.07 Å². The molecule has 20 heavy (non-hydrogen) atoms. The number of primary amides is 1. The van der Waals surface area contributed by atoms with E-state index in [4.69, 9.17) is 10.5 Å². The zero-order chi connectivity index (χ0) is 14.5. The number of hydrogen-bond acceptors (Lipinski definition) is 3. The van der Waals surface area contributed by atoms with Crippen molar-refractivity contribution in [1.29, 1.82) is 0 Å². The van der Waals surface area contributed by atoms with Crippen molar-refractivity contribution in [3.8, 4) is 0 Å². The van der Waals surface area contributed by atoms with E-state index in [0.717, 1.165) is 0 Å². The predicted octanol–water partition coefficient (Wildman–Crippen LogP) is 0.375. The van der Waals surface area contributed by atoms with Crippen molar-refractivity contribution in [3.63, 3.8) is 0 Å². The van der Waals surface area contributed by atoms with Crippen molar-refractivity contribution in [2.24, 2.45) is 11.7 Å². The van der Waals surface area contributed by atoms with Crippen LogP contribution in [0.5, 0.6) is 0 Å². The van der Waals surface area contributed by atoms with Crippen LogP contribution in [0.3, 0.4) is 0 Å². The summed E-state index contributed by atoms with van der Waals surface area (Å²) in [6.45, 7) is 0.879. The molecule has 0 unspecified atom stereocenters. The standard InChI is InChI=1S/C14H17FN2O3/c15-11-4-2-1-3-9(11)7-12(13(16)18)17-14(19)10-5-6-20-8-10/h1-4,10,12H,5-8H2,(H2,16,18)(H,17,19)/t10-,12-/m1/s1. The Morgan fingerprint density at radius 2 is 2.20 bits per heavy atom. The fraction of sp³-hybridized carbons (Fsp3) is 0.429. The van der Waals surface area contributed by atoms with Gasteiger partial charge < -0.3 is 15.8 Å². The maximum Gasteiger partial charge on any atom is 0.240 e. The van der Waals surface area contributed by atoms with E-state index in [0.29, 0.717) is 25.2 Å². The Balaban J connectivity index is 2.02. The van der Waals surface area contributed by atoms with Gasteiger partial charge >= 0.3 is 0 Å². The monoisotopic (exact) mass is 280 g/mol. The van der Waals surface area contributed by atoms with Gasteiger partial charge in [0.2, 0.25) is 11.8 Å². The quantitative estimate of drug-likeness (QED) is 0.818. The number of benzene rings is 1. The second-order valence-electron chi connectivity index (χ2n) is 4.82. The summed E-state index contributed by atoms with van der Waals surface area (Å²) in [5.41, 5.74) is 5.62. The number of nitrogens with two attached hydrogens (primary N) is 1. The van der Waals surface area contributed by atoms with E-state index in [-0.39, 0.29) is 18.2 Å². The predicted molar refractivity (Wildman–Crippen MR) is 70.2 cm³/mol. The Morgan fingerprint density at radius 3 is 2.80 bits per heavy atom. The minimum atomic E-state index is -0.917. The van der Waals surface area contributed by atoms with Gasteiger partial charge in [-0.1, -0.05) is 18.2 Å². The molecule has 1 aliphatic heterocycles. The molecule has 0 saturated carbocycles. The number of nitrogens with one attached hydrogen (secondary N) is 1. The third-order valence-electron chi connectivity index (χ3n) is 3.34. The third kappa shape index (κ3) is 3.54. The molecule has 1 fully saturated rings. The van der Waals surface area contributed by atoms with Crippen LogP contribution >= 0.6 is 0 Å². The van der Waals surface area contributed by atoms with Gasteiger partial charge in [-0.25, -0.2) is 4.39 Å². The van der Waals surface area contributed by atoms with Crippen molar-refractivity contribution in [2.75, 3.05) is 13.2 Å². The highest BCUT2D eigenvalue weighted by Crippen LogP contribution is 2.14. The van der Waals surface area contributed by atoms with Crippen molar-refractivity contribution in [3.05, 3.63) is 35.6 Å². The molecule has 0 bridgehead atoms. The largest absolute Gasteiger partial charge is 0.381 e. The van der Waals surface area contributed by atoms with E-state index < -0.39 is 17.8 Å². The first-order valence-electron chi connectivity index (χ1n) is 6.48. The van der Waals surface area contributed by atoms with Crippen molar-refractivity contribution in [1.82, 2.24) is 5.32 Å². The summed E-state index contributed by atoms with van der Waals surface area (Å²) in [6, 6.07) is 5.19. The van der Waals surface area contributed by atoms with Gasteiger partial charge in [-0.05, 0) is 18.1 Å². The van der Waals surface area contributed by atoms with Crippen LogP contribution in [-0.4, -0.2) is 31.1 Å². The molecule has 1 heterocycles. The molecule has 0 radical (unpaired) electrons. The van der Waals surface area contributed by atoms with E-state index >= 15 is 0 Å². The average molecular weight is 280 g/mol. The Hall–Kier alpha value is -1.95. The second kappa shape index (κ2) is 6.47. The lowest BCUT2D eigenvalue weighted by Crippen LogP contribution is -2.48. The van der Waals surface area contributed by atoms with Gasteiger partial charge in [-0.15, -0.1) is 0 Å². The van der Waals surface area contributed by atoms with Crippen LogP contribution in [0.4, 0.5) is 4.39 Å². The summed E-state index contributed by atoms with van der Waals surface area (Å²) >= 11 is 0. The minimum absolute atomic E-state index is 0.0430. The smallest absolute Gasteiger partial charge is 0.240 e. The van der Waals surface area contributed by atoms with E-state index in [1.54, 1.807) is 18.2 Å². The molecule has 6 heteroatoms. The van der Waals surface area contributed by atoms with Gasteiger partial charge in [-0.3, -0.25) is 9.59 Å². The number of amides is 2. The maximum absolute atomic E-state index is 13.6. The Morgan fingerprint density at radius 1 is 1.45 bits per heavy atom. The van der Waals surface area contributed by atoms with Crippen LogP contribution < -0.4 is 11.1 Å². The highest BCUT2D eigenvalue weighted by atomic mass is 19.1. The summed E-state index contributed by atoms with van der Waals surface area (Å²) < 4.78 is 18.7. The van der Waals surface area contributed by atoms with Crippen LogP contribution in [0, 0.1) is 11.7 Å². The molecule has 0 aromatic heterocycles. The summed E-state index contributed by atoms with van der Waals surface area (Å²) in [4.78, 5) is 23.4. The Labute approximate surface area is 116 Å². The van der Waals surface area contributed by atoms with E-state index in [1.807, 2.05) is 0 Å². The van der Waals surface area contributed by atoms with Crippen LogP contribution in [0.25, 0.3) is 0 Å². The molecule has 1 aromatic rings. The van der Waals surface area contributed by atoms with Crippen molar-refractivity contribution in [2.45, 2.75) is 18.9 Å². The molecule has 2 rings (SSSR count). The fourth-order valence-corrected chi connectivity index (χ4v) is 2.14. The van der Waals surface area contributed by atoms with Gasteiger partial charge in [-0.2, -0.15) is 0 Å². The number of halogens is 1. The number of ether oxygens (including phenoxy) is 1. The van der Waals surface area contributed by atoms with E-state index in [2.05, 4.69) is 5.32 Å². The van der Waals surface area contributed by atoms with E-state index in [9.17, 15) is 14.0 Å². The fourth-order valence-electron chi connectivity index (χ4n) is 2.14. The highest BCUT2D eigenvalue weighted by Gasteiger charge is 2.27. The van der Waals surface area contributed by atoms with Crippen molar-refractivity contribution >= 4 is 11.8 Å². The van der Waals surface area contributed by atoms with Gasteiger partial charge in [0.25, 0.3) is 0 Å². The Kier molecular flexibility index (Phi) is 4.68. The van der Waals surface area contributed by atoms with Crippen LogP contribution in [-0.2, 0) is 20.7 Å². The molecule has 1 aliphatic rings. The first-order valence-corrected chi connectivity index (χ1v) is 6.48. The molecular formula is C14H17FN2O3. The number of hydrogen-bond donors (Lipinski definition) is 2. The molecule has 3 N–H and O–H groups in total. The summed E-state index contributed by atoms with van der Waals surface area (Å²) in [5.74, 6) is -1.64. The first-order chi connectivity index (χ1) is 9.58. The lowest BCUT2D eigenvalue weighted by Gasteiger charge is -2.18. The number of carbonyl (C=O) groups is 2. The van der Waals surface area contributed by atoms with Crippen LogP contribution in [0.1, 0.15) is 12.0 Å². The van der Waals surface area contributed by atoms with Gasteiger partial charge in [0, 0.05) is 13.0 Å². The van der Waals surface area contributed by atoms with Gasteiger partial charge in [0.1, 0.15) is 11.9 Å². The summed E-state index contributed by atoms with van der Waals surface area (Å²) in [6.07, 6.45) is 0.665. The Bertz CT molecular complexity index is 501. The molecule has 0 aliphatic carbocycles. The lowest BCUT2D eigenvalue weighted by molar-refractivity contribution is -0.129. The summed E-state index contributed by atoms with van der Waals surface area (Å²) in [5, 5.41) is 2.57. The minimum Gasteiger partial charge on any atom is -0.381 e. The van der Waals surface area contributed by atoms with Gasteiger partial charge in [0.15, 0.2) is 0 Å². The molecule has 5 nitrogen and oxygen atoms in total.